The van der Waals surface area contributed by atoms with Crippen molar-refractivity contribution in [1.29, 1.82) is 0 Å². The summed E-state index contributed by atoms with van der Waals surface area (Å²) in [5, 5.41) is 4.24. The van der Waals surface area contributed by atoms with E-state index in [9.17, 15) is 4.79 Å². The molecule has 0 radical (unpaired) electrons. The summed E-state index contributed by atoms with van der Waals surface area (Å²) in [6, 6.07) is 0.551. The van der Waals surface area contributed by atoms with Gasteiger partial charge in [-0.3, -0.25) is 4.79 Å². The number of hydrogen-bond donors (Lipinski definition) is 1. The third-order valence-corrected chi connectivity index (χ3v) is 5.38. The van der Waals surface area contributed by atoms with Gasteiger partial charge in [0.25, 0.3) is 0 Å². The molecule has 1 amide bonds. The molecule has 1 N–H and O–H groups in total. The summed E-state index contributed by atoms with van der Waals surface area (Å²) in [5.74, 6) is 1.49. The first kappa shape index (κ1) is 14.2. The highest BCUT2D eigenvalue weighted by atomic mass is 32.2. The van der Waals surface area contributed by atoms with Crippen LogP contribution >= 0.6 is 11.8 Å². The van der Waals surface area contributed by atoms with E-state index in [1.165, 1.54) is 44.3 Å². The van der Waals surface area contributed by atoms with Crippen molar-refractivity contribution in [3.8, 4) is 0 Å². The monoisotopic (exact) mass is 270 g/mol. The third-order valence-electron chi connectivity index (χ3n) is 4.06. The van der Waals surface area contributed by atoms with Gasteiger partial charge >= 0.3 is 0 Å². The van der Waals surface area contributed by atoms with Gasteiger partial charge in [0.15, 0.2) is 0 Å². The van der Waals surface area contributed by atoms with E-state index < -0.39 is 0 Å². The first-order valence-electron chi connectivity index (χ1n) is 7.44. The lowest BCUT2D eigenvalue weighted by Gasteiger charge is -2.32. The quantitative estimate of drug-likeness (QED) is 0.832. The smallest absolute Gasteiger partial charge is 0.236 e. The molecular formula is C14H26N2OS. The highest BCUT2D eigenvalue weighted by molar-refractivity contribution is 7.99. The second kappa shape index (κ2) is 7.39. The molecule has 104 valence electrons. The number of carbonyl (C=O) groups excluding carboxylic acids is 1. The first-order chi connectivity index (χ1) is 8.81. The van der Waals surface area contributed by atoms with Gasteiger partial charge < -0.3 is 10.2 Å². The van der Waals surface area contributed by atoms with Crippen molar-refractivity contribution in [2.75, 3.05) is 25.4 Å². The zero-order chi connectivity index (χ0) is 12.8. The number of likely N-dealkylation sites (tertiary alicyclic amines) is 1. The molecule has 3 nitrogen and oxygen atoms in total. The second-order valence-electron chi connectivity index (χ2n) is 5.35. The lowest BCUT2D eigenvalue weighted by atomic mass is 9.95. The molecule has 0 spiro atoms. The van der Waals surface area contributed by atoms with Gasteiger partial charge in [-0.05, 0) is 31.4 Å². The van der Waals surface area contributed by atoms with Crippen LogP contribution in [0.15, 0.2) is 0 Å². The van der Waals surface area contributed by atoms with Crippen LogP contribution in [0.5, 0.6) is 0 Å². The van der Waals surface area contributed by atoms with Crippen LogP contribution in [0.2, 0.25) is 0 Å². The minimum atomic E-state index is 0.304. The Morgan fingerprint density at radius 2 is 1.94 bits per heavy atom. The van der Waals surface area contributed by atoms with Crippen molar-refractivity contribution in [2.45, 2.75) is 56.7 Å². The van der Waals surface area contributed by atoms with Gasteiger partial charge in [0.05, 0.1) is 6.54 Å². The number of rotatable bonds is 5. The topological polar surface area (TPSA) is 32.3 Å². The molecule has 18 heavy (non-hydrogen) atoms. The Hall–Kier alpha value is -0.220. The molecule has 0 bridgehead atoms. The lowest BCUT2D eigenvalue weighted by Crippen LogP contribution is -2.46. The predicted octanol–water partition coefficient (Wildman–Crippen LogP) is 2.26. The molecule has 0 aromatic carbocycles. The van der Waals surface area contributed by atoms with Crippen molar-refractivity contribution >= 4 is 17.7 Å². The molecule has 1 aliphatic heterocycles. The summed E-state index contributed by atoms with van der Waals surface area (Å²) < 4.78 is 0. The molecule has 0 aromatic heterocycles. The van der Waals surface area contributed by atoms with E-state index in [-0.39, 0.29) is 0 Å². The van der Waals surface area contributed by atoms with E-state index in [1.807, 2.05) is 4.90 Å². The maximum atomic E-state index is 12.0. The maximum Gasteiger partial charge on any atom is 0.236 e. The number of nitrogens with one attached hydrogen (secondary N) is 1. The van der Waals surface area contributed by atoms with Crippen molar-refractivity contribution in [2.24, 2.45) is 0 Å². The summed E-state index contributed by atoms with van der Waals surface area (Å²) in [7, 11) is 0. The van der Waals surface area contributed by atoms with Crippen LogP contribution in [0.4, 0.5) is 0 Å². The van der Waals surface area contributed by atoms with Gasteiger partial charge in [0.1, 0.15) is 0 Å². The molecular weight excluding hydrogens is 244 g/mol. The fraction of sp³-hybridized carbons (Fsp3) is 0.929. The summed E-state index contributed by atoms with van der Waals surface area (Å²) in [6.07, 6.45) is 7.60. The Morgan fingerprint density at radius 1 is 1.22 bits per heavy atom. The molecule has 0 unspecified atom stereocenters. The van der Waals surface area contributed by atoms with Gasteiger partial charge in [-0.25, -0.2) is 0 Å². The van der Waals surface area contributed by atoms with Crippen LogP contribution in [0, 0.1) is 0 Å². The molecule has 1 saturated heterocycles. The normalized spacial score (nSPS) is 28.6. The largest absolute Gasteiger partial charge is 0.342 e. The van der Waals surface area contributed by atoms with E-state index in [4.69, 9.17) is 0 Å². The second-order valence-corrected chi connectivity index (χ2v) is 6.87. The van der Waals surface area contributed by atoms with Crippen molar-refractivity contribution in [3.63, 3.8) is 0 Å². The van der Waals surface area contributed by atoms with Gasteiger partial charge in [-0.1, -0.05) is 19.8 Å². The molecule has 0 aromatic rings. The molecule has 2 fully saturated rings. The Morgan fingerprint density at radius 3 is 2.67 bits per heavy atom. The van der Waals surface area contributed by atoms with Crippen molar-refractivity contribution < 1.29 is 4.79 Å². The fourth-order valence-electron chi connectivity index (χ4n) is 3.04. The molecule has 2 aliphatic rings. The Labute approximate surface area is 115 Å². The SMILES string of the molecule is CCS[C@@H]1CCCC[C@@H]1NCC(=O)N1CCCC1. The van der Waals surface area contributed by atoms with Crippen LogP contribution in [0.3, 0.4) is 0 Å². The standard InChI is InChI=1S/C14H26N2OS/c1-2-18-13-8-4-3-7-12(13)15-11-14(17)16-9-5-6-10-16/h12-13,15H,2-11H2,1H3/t12-,13+/m0/s1. The summed E-state index contributed by atoms with van der Waals surface area (Å²) in [5.41, 5.74) is 0. The Balaban J connectivity index is 1.74. The summed E-state index contributed by atoms with van der Waals surface area (Å²) in [4.78, 5) is 14.0. The number of thioether (sulfide) groups is 1. The summed E-state index contributed by atoms with van der Waals surface area (Å²) >= 11 is 2.06. The minimum Gasteiger partial charge on any atom is -0.342 e. The van der Waals surface area contributed by atoms with Gasteiger partial charge in [0, 0.05) is 24.4 Å². The Kier molecular flexibility index (Phi) is 5.83. The zero-order valence-electron chi connectivity index (χ0n) is 11.5. The number of nitrogens with zero attached hydrogens (tertiary/aromatic N) is 1. The highest BCUT2D eigenvalue weighted by Gasteiger charge is 2.26. The predicted molar refractivity (Wildman–Crippen MR) is 78.0 cm³/mol. The van der Waals surface area contributed by atoms with Crippen LogP contribution in [0.25, 0.3) is 0 Å². The molecule has 1 saturated carbocycles. The number of carbonyl (C=O) groups is 1. The molecule has 2 atom stereocenters. The van der Waals surface area contributed by atoms with Gasteiger partial charge in [0.2, 0.25) is 5.91 Å². The van der Waals surface area contributed by atoms with E-state index in [1.54, 1.807) is 0 Å². The molecule has 1 heterocycles. The van der Waals surface area contributed by atoms with Gasteiger partial charge in [-0.2, -0.15) is 11.8 Å². The zero-order valence-corrected chi connectivity index (χ0v) is 12.3. The van der Waals surface area contributed by atoms with E-state index in [2.05, 4.69) is 24.0 Å². The van der Waals surface area contributed by atoms with Crippen molar-refractivity contribution in [3.05, 3.63) is 0 Å². The van der Waals surface area contributed by atoms with Gasteiger partial charge in [-0.15, -0.1) is 0 Å². The van der Waals surface area contributed by atoms with E-state index in [0.717, 1.165) is 18.3 Å². The Bertz CT molecular complexity index is 265. The first-order valence-corrected chi connectivity index (χ1v) is 8.49. The number of hydrogen-bond acceptors (Lipinski definition) is 3. The molecule has 1 aliphatic carbocycles. The third kappa shape index (κ3) is 3.89. The van der Waals surface area contributed by atoms with E-state index in [0.29, 0.717) is 18.5 Å². The lowest BCUT2D eigenvalue weighted by molar-refractivity contribution is -0.129. The highest BCUT2D eigenvalue weighted by Crippen LogP contribution is 2.28. The molecule has 4 heteroatoms. The minimum absolute atomic E-state index is 0.304. The number of amides is 1. The molecule has 2 rings (SSSR count). The van der Waals surface area contributed by atoms with Crippen LogP contribution in [0.1, 0.15) is 45.4 Å². The van der Waals surface area contributed by atoms with E-state index >= 15 is 0 Å². The fourth-order valence-corrected chi connectivity index (χ4v) is 4.27. The van der Waals surface area contributed by atoms with Crippen LogP contribution < -0.4 is 5.32 Å². The summed E-state index contributed by atoms with van der Waals surface area (Å²) in [6.45, 7) is 4.72. The van der Waals surface area contributed by atoms with Crippen LogP contribution in [-0.4, -0.2) is 47.5 Å². The average molecular weight is 270 g/mol. The average Bonchev–Trinajstić information content (AvgIpc) is 2.92. The van der Waals surface area contributed by atoms with Crippen molar-refractivity contribution in [1.82, 2.24) is 10.2 Å². The maximum absolute atomic E-state index is 12.0. The van der Waals surface area contributed by atoms with Crippen LogP contribution in [-0.2, 0) is 4.79 Å².